The molecule has 0 saturated carbocycles. The predicted molar refractivity (Wildman–Crippen MR) is 90.1 cm³/mol. The molecule has 2 aromatic carbocycles. The first-order valence-electron chi connectivity index (χ1n) is 7.32. The summed E-state index contributed by atoms with van der Waals surface area (Å²) in [7, 11) is -3.54. The van der Waals surface area contributed by atoms with Crippen LogP contribution in [0.5, 0.6) is 0 Å². The van der Waals surface area contributed by atoms with Gasteiger partial charge in [0.15, 0.2) is 0 Å². The molecule has 1 unspecified atom stereocenters. The monoisotopic (exact) mass is 332 g/mol. The zero-order chi connectivity index (χ0) is 16.7. The molecular weight excluding hydrogens is 312 g/mol. The van der Waals surface area contributed by atoms with Crippen LogP contribution >= 0.6 is 0 Å². The van der Waals surface area contributed by atoms with Gasteiger partial charge in [-0.3, -0.25) is 4.79 Å². The summed E-state index contributed by atoms with van der Waals surface area (Å²) in [6.45, 7) is 1.58. The van der Waals surface area contributed by atoms with Crippen molar-refractivity contribution in [2.45, 2.75) is 18.7 Å². The maximum atomic E-state index is 12.0. The van der Waals surface area contributed by atoms with Gasteiger partial charge in [-0.2, -0.15) is 0 Å². The quantitative estimate of drug-likeness (QED) is 0.814. The summed E-state index contributed by atoms with van der Waals surface area (Å²) in [5.41, 5.74) is 1.64. The zero-order valence-corrected chi connectivity index (χ0v) is 13.7. The molecule has 0 aromatic heterocycles. The average Bonchev–Trinajstić information content (AvgIpc) is 2.54. The fourth-order valence-corrected chi connectivity index (χ4v) is 3.22. The Balaban J connectivity index is 1.84. The van der Waals surface area contributed by atoms with E-state index in [1.165, 1.54) is 0 Å². The van der Waals surface area contributed by atoms with Crippen molar-refractivity contribution in [2.75, 3.05) is 6.54 Å². The van der Waals surface area contributed by atoms with Gasteiger partial charge in [0.1, 0.15) is 0 Å². The van der Waals surface area contributed by atoms with E-state index in [0.717, 1.165) is 5.56 Å². The molecule has 122 valence electrons. The molecule has 0 aliphatic rings. The fraction of sp³-hybridized carbons (Fsp3) is 0.235. The van der Waals surface area contributed by atoms with Crippen LogP contribution in [-0.2, 0) is 20.6 Å². The van der Waals surface area contributed by atoms with Crippen molar-refractivity contribution >= 4 is 15.9 Å². The first-order chi connectivity index (χ1) is 11.0. The lowest BCUT2D eigenvalue weighted by atomic mass is 10.1. The first kappa shape index (κ1) is 17.2. The van der Waals surface area contributed by atoms with Crippen LogP contribution in [0.3, 0.4) is 0 Å². The number of sulfonamides is 1. The highest BCUT2D eigenvalue weighted by molar-refractivity contribution is 7.88. The highest BCUT2D eigenvalue weighted by Crippen LogP contribution is 2.10. The molecule has 0 saturated heterocycles. The van der Waals surface area contributed by atoms with Gasteiger partial charge in [-0.15, -0.1) is 0 Å². The number of carbonyl (C=O) groups excluding carboxylic acids is 1. The van der Waals surface area contributed by atoms with E-state index in [1.54, 1.807) is 24.3 Å². The number of nitrogens with one attached hydrogen (secondary N) is 2. The second kappa shape index (κ2) is 7.89. The summed E-state index contributed by atoms with van der Waals surface area (Å²) in [6, 6.07) is 18.2. The Hall–Kier alpha value is -2.18. The van der Waals surface area contributed by atoms with Gasteiger partial charge in [0.05, 0.1) is 18.3 Å². The van der Waals surface area contributed by atoms with E-state index in [0.29, 0.717) is 5.56 Å². The molecule has 0 aliphatic carbocycles. The SMILES string of the molecule is CC(NC(=O)CNS(=O)(=O)Cc1ccccc1)c1ccccc1. The Morgan fingerprint density at radius 1 is 1.00 bits per heavy atom. The van der Waals surface area contributed by atoms with E-state index < -0.39 is 10.0 Å². The van der Waals surface area contributed by atoms with Gasteiger partial charge in [0.2, 0.25) is 15.9 Å². The van der Waals surface area contributed by atoms with Crippen LogP contribution in [0.2, 0.25) is 0 Å². The molecule has 1 atom stereocenters. The molecular formula is C17H20N2O3S. The van der Waals surface area contributed by atoms with Crippen molar-refractivity contribution < 1.29 is 13.2 Å². The smallest absolute Gasteiger partial charge is 0.235 e. The molecule has 1 amide bonds. The van der Waals surface area contributed by atoms with E-state index >= 15 is 0 Å². The van der Waals surface area contributed by atoms with Crippen molar-refractivity contribution in [1.29, 1.82) is 0 Å². The molecule has 0 spiro atoms. The number of rotatable bonds is 7. The van der Waals surface area contributed by atoms with Crippen molar-refractivity contribution in [3.63, 3.8) is 0 Å². The molecule has 2 rings (SSSR count). The largest absolute Gasteiger partial charge is 0.348 e. The zero-order valence-electron chi connectivity index (χ0n) is 12.9. The van der Waals surface area contributed by atoms with Crippen LogP contribution in [-0.4, -0.2) is 20.9 Å². The van der Waals surface area contributed by atoms with Gasteiger partial charge in [-0.05, 0) is 18.1 Å². The predicted octanol–water partition coefficient (Wildman–Crippen LogP) is 1.98. The topological polar surface area (TPSA) is 75.3 Å². The van der Waals surface area contributed by atoms with E-state index in [9.17, 15) is 13.2 Å². The summed E-state index contributed by atoms with van der Waals surface area (Å²) in [6.07, 6.45) is 0. The van der Waals surface area contributed by atoms with Gasteiger partial charge in [-0.25, -0.2) is 13.1 Å². The lowest BCUT2D eigenvalue weighted by Gasteiger charge is -2.14. The van der Waals surface area contributed by atoms with Gasteiger partial charge in [-0.1, -0.05) is 60.7 Å². The molecule has 5 nitrogen and oxygen atoms in total. The summed E-state index contributed by atoms with van der Waals surface area (Å²) in [5.74, 6) is -0.506. The van der Waals surface area contributed by atoms with Crippen LogP contribution < -0.4 is 10.0 Å². The summed E-state index contributed by atoms with van der Waals surface area (Å²) < 4.78 is 26.3. The molecule has 0 fully saturated rings. The van der Waals surface area contributed by atoms with E-state index in [1.807, 2.05) is 43.3 Å². The summed E-state index contributed by atoms with van der Waals surface area (Å²) >= 11 is 0. The van der Waals surface area contributed by atoms with Gasteiger partial charge < -0.3 is 5.32 Å². The number of carbonyl (C=O) groups is 1. The maximum Gasteiger partial charge on any atom is 0.235 e. The number of hydrogen-bond acceptors (Lipinski definition) is 3. The average molecular weight is 332 g/mol. The number of hydrogen-bond donors (Lipinski definition) is 2. The molecule has 2 N–H and O–H groups in total. The standard InChI is InChI=1S/C17H20N2O3S/c1-14(16-10-6-3-7-11-16)19-17(20)12-18-23(21,22)13-15-8-4-2-5-9-15/h2-11,14,18H,12-13H2,1H3,(H,19,20). The van der Waals surface area contributed by atoms with E-state index in [4.69, 9.17) is 0 Å². The Morgan fingerprint density at radius 3 is 2.17 bits per heavy atom. The number of benzene rings is 2. The normalized spacial score (nSPS) is 12.6. The maximum absolute atomic E-state index is 12.0. The molecule has 0 radical (unpaired) electrons. The van der Waals surface area contributed by atoms with Crippen molar-refractivity contribution in [1.82, 2.24) is 10.0 Å². The lowest BCUT2D eigenvalue weighted by Crippen LogP contribution is -2.38. The van der Waals surface area contributed by atoms with Gasteiger partial charge >= 0.3 is 0 Å². The second-order valence-electron chi connectivity index (χ2n) is 5.27. The fourth-order valence-electron chi connectivity index (χ4n) is 2.14. The van der Waals surface area contributed by atoms with Crippen LogP contribution in [0.15, 0.2) is 60.7 Å². The van der Waals surface area contributed by atoms with Crippen molar-refractivity contribution in [3.8, 4) is 0 Å². The third-order valence-electron chi connectivity index (χ3n) is 3.33. The summed E-state index contributed by atoms with van der Waals surface area (Å²) in [4.78, 5) is 11.9. The van der Waals surface area contributed by atoms with Gasteiger partial charge in [0, 0.05) is 0 Å². The minimum atomic E-state index is -3.54. The Kier molecular flexibility index (Phi) is 5.90. The van der Waals surface area contributed by atoms with Gasteiger partial charge in [0.25, 0.3) is 0 Å². The highest BCUT2D eigenvalue weighted by Gasteiger charge is 2.15. The molecule has 23 heavy (non-hydrogen) atoms. The third-order valence-corrected chi connectivity index (χ3v) is 4.63. The summed E-state index contributed by atoms with van der Waals surface area (Å²) in [5, 5.41) is 2.77. The Morgan fingerprint density at radius 2 is 1.57 bits per heavy atom. The van der Waals surface area contributed by atoms with Crippen molar-refractivity contribution in [3.05, 3.63) is 71.8 Å². The van der Waals surface area contributed by atoms with Crippen LogP contribution in [0.1, 0.15) is 24.1 Å². The molecule has 0 aliphatic heterocycles. The third kappa shape index (κ3) is 5.84. The molecule has 2 aromatic rings. The van der Waals surface area contributed by atoms with Crippen LogP contribution in [0, 0.1) is 0 Å². The minimum Gasteiger partial charge on any atom is -0.348 e. The van der Waals surface area contributed by atoms with E-state index in [2.05, 4.69) is 10.0 Å². The molecule has 0 heterocycles. The van der Waals surface area contributed by atoms with Crippen LogP contribution in [0.25, 0.3) is 0 Å². The Bertz CT molecular complexity index is 731. The lowest BCUT2D eigenvalue weighted by molar-refractivity contribution is -0.120. The van der Waals surface area contributed by atoms with Crippen molar-refractivity contribution in [2.24, 2.45) is 0 Å². The minimum absolute atomic E-state index is 0.143. The number of amides is 1. The highest BCUT2D eigenvalue weighted by atomic mass is 32.2. The first-order valence-corrected chi connectivity index (χ1v) is 8.97. The van der Waals surface area contributed by atoms with Crippen LogP contribution in [0.4, 0.5) is 0 Å². The molecule has 6 heteroatoms. The Labute approximate surface area is 136 Å². The second-order valence-corrected chi connectivity index (χ2v) is 7.07. The molecule has 0 bridgehead atoms. The van der Waals surface area contributed by atoms with E-state index in [-0.39, 0.29) is 24.2 Å².